The van der Waals surface area contributed by atoms with Crippen molar-refractivity contribution in [3.63, 3.8) is 0 Å². The smallest absolute Gasteiger partial charge is 0.309 e. The van der Waals surface area contributed by atoms with Gasteiger partial charge in [0.15, 0.2) is 0 Å². The van der Waals surface area contributed by atoms with Gasteiger partial charge in [-0.1, -0.05) is 35.9 Å². The number of carbonyl (C=O) groups is 2. The van der Waals surface area contributed by atoms with Gasteiger partial charge < -0.3 is 15.7 Å². The van der Waals surface area contributed by atoms with Gasteiger partial charge in [0.05, 0.1) is 6.54 Å². The molecule has 2 amide bonds. The summed E-state index contributed by atoms with van der Waals surface area (Å²) in [7, 11) is 0. The van der Waals surface area contributed by atoms with Gasteiger partial charge in [-0.3, -0.25) is 9.59 Å². The van der Waals surface area contributed by atoms with E-state index in [1.165, 1.54) is 11.3 Å². The van der Waals surface area contributed by atoms with E-state index in [1.54, 1.807) is 0 Å². The Morgan fingerprint density at radius 1 is 1.16 bits per heavy atom. The quantitative estimate of drug-likeness (QED) is 0.692. The van der Waals surface area contributed by atoms with Crippen molar-refractivity contribution in [2.24, 2.45) is 5.92 Å². The highest BCUT2D eigenvalue weighted by Crippen LogP contribution is 2.46. The Morgan fingerprint density at radius 2 is 1.84 bits per heavy atom. The fraction of sp³-hybridized carbons (Fsp3) is 0.368. The van der Waals surface area contributed by atoms with Crippen molar-refractivity contribution in [1.29, 1.82) is 0 Å². The van der Waals surface area contributed by atoms with Crippen molar-refractivity contribution in [1.82, 2.24) is 10.6 Å². The van der Waals surface area contributed by atoms with Crippen LogP contribution in [-0.4, -0.2) is 23.5 Å². The Morgan fingerprint density at radius 3 is 2.44 bits per heavy atom. The number of nitrogens with one attached hydrogen (secondary N) is 2. The molecule has 25 heavy (non-hydrogen) atoms. The molecule has 2 aromatic rings. The molecule has 0 aliphatic heterocycles. The minimum atomic E-state index is -1.08. The number of amides is 2. The van der Waals surface area contributed by atoms with Crippen LogP contribution in [0, 0.1) is 12.8 Å². The van der Waals surface area contributed by atoms with Gasteiger partial charge in [-0.25, -0.2) is 0 Å². The molecule has 132 valence electrons. The zero-order valence-corrected chi connectivity index (χ0v) is 14.9. The third kappa shape index (κ3) is 4.27. The fourth-order valence-electron chi connectivity index (χ4n) is 2.78. The molecular weight excluding hydrogens is 336 g/mol. The van der Waals surface area contributed by atoms with Gasteiger partial charge in [0, 0.05) is 11.4 Å². The predicted molar refractivity (Wildman–Crippen MR) is 97.0 cm³/mol. The van der Waals surface area contributed by atoms with Crippen LogP contribution >= 0.6 is 11.3 Å². The first-order chi connectivity index (χ1) is 12.0. The van der Waals surface area contributed by atoms with E-state index in [4.69, 9.17) is 0 Å². The molecule has 1 aromatic heterocycles. The predicted octanol–water partition coefficient (Wildman–Crippen LogP) is 2.09. The minimum Gasteiger partial charge on any atom is -0.382 e. The van der Waals surface area contributed by atoms with E-state index in [0.717, 1.165) is 28.8 Å². The van der Waals surface area contributed by atoms with Gasteiger partial charge in [-0.2, -0.15) is 0 Å². The molecule has 1 fully saturated rings. The lowest BCUT2D eigenvalue weighted by Gasteiger charge is -2.27. The molecule has 0 spiro atoms. The maximum atomic E-state index is 12.0. The van der Waals surface area contributed by atoms with Gasteiger partial charge in [-0.05, 0) is 42.7 Å². The summed E-state index contributed by atoms with van der Waals surface area (Å²) in [5, 5.41) is 18.0. The van der Waals surface area contributed by atoms with Crippen molar-refractivity contribution in [2.75, 3.05) is 6.54 Å². The average Bonchev–Trinajstić information content (AvgIpc) is 3.33. The molecule has 1 heterocycles. The third-order valence-corrected chi connectivity index (χ3v) is 5.54. The van der Waals surface area contributed by atoms with Crippen molar-refractivity contribution in [3.05, 3.63) is 57.8 Å². The van der Waals surface area contributed by atoms with Crippen LogP contribution in [0.3, 0.4) is 0 Å². The zero-order valence-electron chi connectivity index (χ0n) is 14.1. The van der Waals surface area contributed by atoms with Crippen LogP contribution in [0.5, 0.6) is 0 Å². The summed E-state index contributed by atoms with van der Waals surface area (Å²) >= 11 is 1.47. The van der Waals surface area contributed by atoms with Crippen molar-refractivity contribution >= 4 is 23.2 Å². The summed E-state index contributed by atoms with van der Waals surface area (Å²) in [6.07, 6.45) is 1.87. The van der Waals surface area contributed by atoms with Crippen LogP contribution in [0.15, 0.2) is 41.8 Å². The zero-order chi connectivity index (χ0) is 17.9. The van der Waals surface area contributed by atoms with Crippen LogP contribution in [0.4, 0.5) is 0 Å². The summed E-state index contributed by atoms with van der Waals surface area (Å²) < 4.78 is 0. The summed E-state index contributed by atoms with van der Waals surface area (Å²) in [4.78, 5) is 24.8. The molecule has 0 bridgehead atoms. The molecule has 3 rings (SSSR count). The summed E-state index contributed by atoms with van der Waals surface area (Å²) in [5.41, 5.74) is 0.988. The van der Waals surface area contributed by atoms with Crippen molar-refractivity contribution in [3.8, 4) is 0 Å². The highest BCUT2D eigenvalue weighted by molar-refractivity contribution is 7.10. The number of hydrogen-bond donors (Lipinski definition) is 3. The Balaban J connectivity index is 1.52. The Kier molecular flexibility index (Phi) is 5.20. The Bertz CT molecular complexity index is 739. The second-order valence-corrected chi connectivity index (χ2v) is 7.47. The first-order valence-electron chi connectivity index (χ1n) is 8.37. The van der Waals surface area contributed by atoms with Gasteiger partial charge in [-0.15, -0.1) is 11.3 Å². The first-order valence-corrected chi connectivity index (χ1v) is 9.25. The lowest BCUT2D eigenvalue weighted by atomic mass is 9.95. The number of rotatable bonds is 6. The molecule has 1 aliphatic rings. The average molecular weight is 358 g/mol. The van der Waals surface area contributed by atoms with Gasteiger partial charge in [0.1, 0.15) is 5.60 Å². The molecule has 6 heteroatoms. The number of benzene rings is 1. The standard InChI is InChI=1S/C19H22N2O3S/c1-13-4-6-14(7-5-13)11-20-17(22)18(23)21-12-19(24,15-8-9-15)16-3-2-10-25-16/h2-7,10,15,24H,8-9,11-12H2,1H3,(H,20,22)(H,21,23). The number of carbonyl (C=O) groups excluding carboxylic acids is 2. The van der Waals surface area contributed by atoms with E-state index in [1.807, 2.05) is 48.7 Å². The maximum absolute atomic E-state index is 12.0. The van der Waals surface area contributed by atoms with Crippen molar-refractivity contribution < 1.29 is 14.7 Å². The lowest BCUT2D eigenvalue weighted by molar-refractivity contribution is -0.140. The summed E-state index contributed by atoms with van der Waals surface area (Å²) in [5.74, 6) is -1.27. The molecule has 0 radical (unpaired) electrons. The SMILES string of the molecule is Cc1ccc(CNC(=O)C(=O)NCC(O)(c2cccs2)C2CC2)cc1. The molecule has 3 N–H and O–H groups in total. The molecular formula is C19H22N2O3S. The Labute approximate surface area is 151 Å². The largest absolute Gasteiger partial charge is 0.382 e. The van der Waals surface area contributed by atoms with E-state index in [-0.39, 0.29) is 12.5 Å². The molecule has 1 saturated carbocycles. The van der Waals surface area contributed by atoms with Crippen LogP contribution in [0.2, 0.25) is 0 Å². The van der Waals surface area contributed by atoms with Crippen LogP contribution in [0.1, 0.15) is 28.8 Å². The molecule has 0 saturated heterocycles. The van der Waals surface area contributed by atoms with Crippen LogP contribution in [-0.2, 0) is 21.7 Å². The molecule has 1 atom stereocenters. The maximum Gasteiger partial charge on any atom is 0.309 e. The second-order valence-electron chi connectivity index (χ2n) is 6.53. The van der Waals surface area contributed by atoms with Crippen LogP contribution < -0.4 is 10.6 Å². The highest BCUT2D eigenvalue weighted by atomic mass is 32.1. The van der Waals surface area contributed by atoms with Gasteiger partial charge >= 0.3 is 11.8 Å². The minimum absolute atomic E-state index is 0.0506. The van der Waals surface area contributed by atoms with Crippen molar-refractivity contribution in [2.45, 2.75) is 31.9 Å². The van der Waals surface area contributed by atoms with E-state index < -0.39 is 17.4 Å². The normalized spacial score (nSPS) is 16.1. The second kappa shape index (κ2) is 7.37. The number of aryl methyl sites for hydroxylation is 1. The third-order valence-electron chi connectivity index (χ3n) is 4.50. The molecule has 1 aromatic carbocycles. The Hall–Kier alpha value is -2.18. The van der Waals surface area contributed by atoms with Gasteiger partial charge in [0.2, 0.25) is 0 Å². The number of hydrogen-bond acceptors (Lipinski definition) is 4. The van der Waals surface area contributed by atoms with E-state index in [9.17, 15) is 14.7 Å². The summed E-state index contributed by atoms with van der Waals surface area (Å²) in [6.45, 7) is 2.34. The highest BCUT2D eigenvalue weighted by Gasteiger charge is 2.46. The molecule has 1 aliphatic carbocycles. The van der Waals surface area contributed by atoms with Gasteiger partial charge in [0.25, 0.3) is 0 Å². The molecule has 1 unspecified atom stereocenters. The number of aliphatic hydroxyl groups is 1. The van der Waals surface area contributed by atoms with E-state index in [2.05, 4.69) is 10.6 Å². The monoisotopic (exact) mass is 358 g/mol. The summed E-state index contributed by atoms with van der Waals surface area (Å²) in [6, 6.07) is 11.5. The van der Waals surface area contributed by atoms with E-state index in [0.29, 0.717) is 6.54 Å². The lowest BCUT2D eigenvalue weighted by Crippen LogP contribution is -2.47. The van der Waals surface area contributed by atoms with Crippen LogP contribution in [0.25, 0.3) is 0 Å². The number of thiophene rings is 1. The fourth-order valence-corrected chi connectivity index (χ4v) is 3.69. The molecule has 5 nitrogen and oxygen atoms in total. The topological polar surface area (TPSA) is 78.4 Å². The first kappa shape index (κ1) is 17.6. The van der Waals surface area contributed by atoms with E-state index >= 15 is 0 Å².